The molecule has 2 aromatic heterocycles. The average molecular weight is 578 g/mol. The van der Waals surface area contributed by atoms with Crippen LogP contribution in [0.5, 0.6) is 0 Å². The second-order valence-electron chi connectivity index (χ2n) is 11.2. The van der Waals surface area contributed by atoms with Gasteiger partial charge in [-0.25, -0.2) is 13.8 Å². The van der Waals surface area contributed by atoms with Gasteiger partial charge in [0.25, 0.3) is 0 Å². The number of ether oxygens (including phenoxy) is 1. The summed E-state index contributed by atoms with van der Waals surface area (Å²) in [5.74, 6) is -2.96. The number of hydrogen-bond acceptors (Lipinski definition) is 4. The number of carbonyl (C=O) groups excluding carboxylic acids is 1. The number of rotatable bonds is 8. The molecule has 40 heavy (non-hydrogen) atoms. The van der Waals surface area contributed by atoms with Crippen LogP contribution in [-0.4, -0.2) is 39.9 Å². The molecular formula is C27H28F5N5O2Si. The molecule has 0 unspecified atom stereocenters. The maximum atomic E-state index is 15.3. The molecule has 1 amide bonds. The number of halogens is 5. The van der Waals surface area contributed by atoms with Crippen molar-refractivity contribution in [1.29, 1.82) is 0 Å². The van der Waals surface area contributed by atoms with Gasteiger partial charge in [0.1, 0.15) is 18.4 Å². The van der Waals surface area contributed by atoms with E-state index >= 15 is 8.78 Å². The van der Waals surface area contributed by atoms with Crippen LogP contribution >= 0.6 is 0 Å². The number of anilines is 1. The molecule has 13 heteroatoms. The summed E-state index contributed by atoms with van der Waals surface area (Å²) in [5.41, 5.74) is 1.28. The molecule has 1 saturated heterocycles. The molecule has 1 aliphatic heterocycles. The van der Waals surface area contributed by atoms with Crippen molar-refractivity contribution in [3.8, 4) is 11.1 Å². The molecule has 5 rings (SSSR count). The van der Waals surface area contributed by atoms with Crippen LogP contribution in [0.4, 0.5) is 27.6 Å². The Hall–Kier alpha value is -3.58. The van der Waals surface area contributed by atoms with E-state index in [1.54, 1.807) is 31.5 Å². The lowest BCUT2D eigenvalue weighted by atomic mass is 9.82. The van der Waals surface area contributed by atoms with Crippen molar-refractivity contribution in [2.75, 3.05) is 11.5 Å². The number of hydrogen-bond donors (Lipinski definition) is 0. The van der Waals surface area contributed by atoms with E-state index in [4.69, 9.17) is 4.74 Å². The summed E-state index contributed by atoms with van der Waals surface area (Å²) in [4.78, 5) is 18.6. The van der Waals surface area contributed by atoms with E-state index in [2.05, 4.69) is 29.7 Å². The SMILES string of the molecule is C[C@H]1C(=O)N(c2ccc3c(c2)ncn3COCC[Si](C)(C)C)[C@H]1c1c(F)cc(-c2cnn(C(F)(F)F)c2)cc1F. The van der Waals surface area contributed by atoms with E-state index in [0.29, 0.717) is 30.7 Å². The number of imidazole rings is 1. The van der Waals surface area contributed by atoms with E-state index in [1.807, 2.05) is 4.57 Å². The summed E-state index contributed by atoms with van der Waals surface area (Å²) in [7, 11) is -1.22. The van der Waals surface area contributed by atoms with Gasteiger partial charge in [-0.2, -0.15) is 9.78 Å². The molecule has 7 nitrogen and oxygen atoms in total. The van der Waals surface area contributed by atoms with Gasteiger partial charge in [-0.3, -0.25) is 4.79 Å². The van der Waals surface area contributed by atoms with Crippen LogP contribution in [0.25, 0.3) is 22.2 Å². The maximum Gasteiger partial charge on any atom is 0.504 e. The smallest absolute Gasteiger partial charge is 0.361 e. The third kappa shape index (κ3) is 5.27. The van der Waals surface area contributed by atoms with Crippen molar-refractivity contribution in [3.05, 3.63) is 66.3 Å². The quantitative estimate of drug-likeness (QED) is 0.101. The predicted molar refractivity (Wildman–Crippen MR) is 142 cm³/mol. The van der Waals surface area contributed by atoms with E-state index < -0.39 is 38.0 Å². The Balaban J connectivity index is 1.39. The Kier molecular flexibility index (Phi) is 7.07. The maximum absolute atomic E-state index is 15.3. The van der Waals surface area contributed by atoms with Crippen molar-refractivity contribution in [3.63, 3.8) is 0 Å². The van der Waals surface area contributed by atoms with Crippen LogP contribution in [0, 0.1) is 17.6 Å². The molecule has 0 bridgehead atoms. The first-order valence-electron chi connectivity index (χ1n) is 12.7. The number of fused-ring (bicyclic) bond motifs is 1. The Morgan fingerprint density at radius 1 is 1.05 bits per heavy atom. The highest BCUT2D eigenvalue weighted by atomic mass is 28.3. The Morgan fingerprint density at radius 2 is 1.75 bits per heavy atom. The van der Waals surface area contributed by atoms with Crippen LogP contribution in [0.15, 0.2) is 49.1 Å². The summed E-state index contributed by atoms with van der Waals surface area (Å²) in [6, 6.07) is 7.15. The van der Waals surface area contributed by atoms with Gasteiger partial charge in [0.05, 0.1) is 35.5 Å². The molecule has 0 saturated carbocycles. The summed E-state index contributed by atoms with van der Waals surface area (Å²) in [6.07, 6.45) is -1.58. The van der Waals surface area contributed by atoms with Crippen molar-refractivity contribution in [2.45, 2.75) is 51.7 Å². The lowest BCUT2D eigenvalue weighted by Crippen LogP contribution is -2.54. The third-order valence-corrected chi connectivity index (χ3v) is 8.74. The van der Waals surface area contributed by atoms with Crippen molar-refractivity contribution in [2.24, 2.45) is 5.92 Å². The standard InChI is InChI=1S/C27H28F5N5O2Si/c1-16-25(24-20(28)9-17(10-21(24)29)18-12-34-36(13-18)27(30,31)32)37(26(16)38)19-5-6-23-22(11-19)33-14-35(23)15-39-7-8-40(2,3)4/h5-6,9-14,16,25H,7-8,15H2,1-4H3/t16-,25-/m1/s1. The summed E-state index contributed by atoms with van der Waals surface area (Å²) < 4.78 is 76.7. The predicted octanol–water partition coefficient (Wildman–Crippen LogP) is 6.69. The van der Waals surface area contributed by atoms with Gasteiger partial charge >= 0.3 is 6.30 Å². The van der Waals surface area contributed by atoms with Crippen LogP contribution in [0.3, 0.4) is 0 Å². The summed E-state index contributed by atoms with van der Waals surface area (Å²) in [6.45, 7) is 9.37. The molecule has 0 spiro atoms. The molecule has 3 heterocycles. The number of alkyl halides is 3. The minimum atomic E-state index is -4.75. The molecule has 0 N–H and O–H groups in total. The van der Waals surface area contributed by atoms with E-state index in [1.165, 1.54) is 4.90 Å². The van der Waals surface area contributed by atoms with Gasteiger partial charge in [0.2, 0.25) is 5.91 Å². The molecule has 0 radical (unpaired) electrons. The van der Waals surface area contributed by atoms with Gasteiger partial charge in [-0.15, -0.1) is 13.2 Å². The highest BCUT2D eigenvalue weighted by Crippen LogP contribution is 2.46. The number of aromatic nitrogens is 4. The van der Waals surface area contributed by atoms with Crippen LogP contribution in [0.1, 0.15) is 18.5 Å². The summed E-state index contributed by atoms with van der Waals surface area (Å²) in [5, 5.41) is 3.22. The van der Waals surface area contributed by atoms with Gasteiger partial charge in [-0.05, 0) is 41.9 Å². The monoisotopic (exact) mass is 577 g/mol. The first-order chi connectivity index (χ1) is 18.7. The number of nitrogens with zero attached hydrogens (tertiary/aromatic N) is 5. The number of carbonyl (C=O) groups is 1. The Morgan fingerprint density at radius 3 is 2.38 bits per heavy atom. The zero-order valence-corrected chi connectivity index (χ0v) is 23.3. The van der Waals surface area contributed by atoms with Crippen molar-refractivity contribution in [1.82, 2.24) is 19.3 Å². The highest BCUT2D eigenvalue weighted by Gasteiger charge is 2.48. The number of β-lactam (4-membered cyclic amide) rings is 1. The van der Waals surface area contributed by atoms with Crippen molar-refractivity contribution >= 4 is 30.7 Å². The Bertz CT molecular complexity index is 1550. The fraction of sp³-hybridized carbons (Fsp3) is 0.370. The first-order valence-corrected chi connectivity index (χ1v) is 16.4. The minimum absolute atomic E-state index is 0.0956. The average Bonchev–Trinajstić information content (AvgIpc) is 3.52. The van der Waals surface area contributed by atoms with E-state index in [0.717, 1.165) is 29.9 Å². The molecule has 0 aliphatic carbocycles. The van der Waals surface area contributed by atoms with Gasteiger partial charge in [0.15, 0.2) is 0 Å². The van der Waals surface area contributed by atoms with Crippen molar-refractivity contribution < 1.29 is 31.5 Å². The fourth-order valence-electron chi connectivity index (χ4n) is 4.79. The largest absolute Gasteiger partial charge is 0.504 e. The zero-order chi connectivity index (χ0) is 29.0. The molecule has 4 aromatic rings. The number of benzene rings is 2. The van der Waals surface area contributed by atoms with Crippen LogP contribution in [-0.2, 0) is 22.6 Å². The Labute approximate surface area is 228 Å². The zero-order valence-electron chi connectivity index (χ0n) is 22.3. The molecule has 2 atom stereocenters. The molecule has 212 valence electrons. The summed E-state index contributed by atoms with van der Waals surface area (Å²) >= 11 is 0. The fourth-order valence-corrected chi connectivity index (χ4v) is 5.55. The molecule has 2 aromatic carbocycles. The lowest BCUT2D eigenvalue weighted by Gasteiger charge is -2.46. The minimum Gasteiger partial charge on any atom is -0.361 e. The van der Waals surface area contributed by atoms with Gasteiger partial charge in [0, 0.05) is 37.7 Å². The second-order valence-corrected chi connectivity index (χ2v) is 16.8. The highest BCUT2D eigenvalue weighted by molar-refractivity contribution is 6.76. The topological polar surface area (TPSA) is 65.2 Å². The van der Waals surface area contributed by atoms with Gasteiger partial charge in [-0.1, -0.05) is 26.6 Å². The van der Waals surface area contributed by atoms with Crippen LogP contribution in [0.2, 0.25) is 25.7 Å². The second kappa shape index (κ2) is 10.1. The van der Waals surface area contributed by atoms with E-state index in [-0.39, 0.29) is 27.3 Å². The third-order valence-electron chi connectivity index (χ3n) is 7.04. The van der Waals surface area contributed by atoms with E-state index in [9.17, 15) is 18.0 Å². The molecule has 1 aliphatic rings. The first kappa shape index (κ1) is 28.0. The molecular weight excluding hydrogens is 549 g/mol. The lowest BCUT2D eigenvalue weighted by molar-refractivity contribution is -0.212. The normalized spacial score (nSPS) is 18.0. The molecule has 1 fully saturated rings. The number of amides is 1. The van der Waals surface area contributed by atoms with Gasteiger partial charge < -0.3 is 14.2 Å². The van der Waals surface area contributed by atoms with Crippen LogP contribution < -0.4 is 4.90 Å².